The molecule has 0 spiro atoms. The van der Waals surface area contributed by atoms with E-state index in [1.807, 2.05) is 6.92 Å². The summed E-state index contributed by atoms with van der Waals surface area (Å²) in [6, 6.07) is 1.70. The normalized spacial score (nSPS) is 13.7. The molecule has 0 bridgehead atoms. The summed E-state index contributed by atoms with van der Waals surface area (Å²) in [5.74, 6) is -2.42. The molecule has 0 fully saturated rings. The molecule has 1 aliphatic rings. The Balaban J connectivity index is 2.06. The van der Waals surface area contributed by atoms with Crippen LogP contribution < -0.4 is 10.4 Å². The monoisotopic (exact) mass is 392 g/mol. The molecule has 0 unspecified atom stereocenters. The Morgan fingerprint density at radius 2 is 2.14 bits per heavy atom. The van der Waals surface area contributed by atoms with Gasteiger partial charge in [0.1, 0.15) is 23.7 Å². The van der Waals surface area contributed by atoms with Crippen LogP contribution in [0, 0.1) is 6.92 Å². The number of pyridine rings is 1. The lowest BCUT2D eigenvalue weighted by atomic mass is 10.2. The fourth-order valence-electron chi connectivity index (χ4n) is 2.94. The van der Waals surface area contributed by atoms with Crippen molar-refractivity contribution >= 4 is 11.9 Å². The molecule has 28 heavy (non-hydrogen) atoms. The Hall–Kier alpha value is -3.34. The van der Waals surface area contributed by atoms with Crippen molar-refractivity contribution in [1.82, 2.24) is 14.7 Å². The lowest BCUT2D eigenvalue weighted by Gasteiger charge is -2.39. The molecule has 3 rings (SSSR count). The topological polar surface area (TPSA) is 138 Å². The molecule has 1 amide bonds. The molecule has 2 N–H and O–H groups in total. The first-order valence-corrected chi connectivity index (χ1v) is 8.59. The van der Waals surface area contributed by atoms with E-state index in [4.69, 9.17) is 9.26 Å². The number of aromatic hydroxyl groups is 1. The quantitative estimate of drug-likeness (QED) is 0.630. The highest BCUT2D eigenvalue weighted by Gasteiger charge is 2.34. The number of hydrogen-bond donors (Lipinski definition) is 2. The van der Waals surface area contributed by atoms with Crippen LogP contribution in [0.1, 0.15) is 39.2 Å². The summed E-state index contributed by atoms with van der Waals surface area (Å²) in [7, 11) is 0. The Morgan fingerprint density at radius 3 is 2.75 bits per heavy atom. The summed E-state index contributed by atoms with van der Waals surface area (Å²) in [5.41, 5.74) is -1.52. The number of carboxylic acid groups (broad SMARTS) is 1. The number of ether oxygens (including phenoxy) is 1. The maximum Gasteiger partial charge on any atom is 0.341 e. The third kappa shape index (κ3) is 3.56. The highest BCUT2D eigenvalue weighted by molar-refractivity contribution is 5.97. The highest BCUT2D eigenvalue weighted by Crippen LogP contribution is 2.22. The molecule has 150 valence electrons. The van der Waals surface area contributed by atoms with E-state index in [9.17, 15) is 24.6 Å². The molecule has 0 saturated carbocycles. The van der Waals surface area contributed by atoms with E-state index < -0.39 is 28.6 Å². The first kappa shape index (κ1) is 19.4. The molecule has 2 aromatic rings. The number of carboxylic acids is 1. The van der Waals surface area contributed by atoms with Gasteiger partial charge in [0, 0.05) is 25.4 Å². The fraction of sp³-hybridized carbons (Fsp3) is 0.412. The van der Waals surface area contributed by atoms with Gasteiger partial charge >= 0.3 is 5.97 Å². The molecule has 3 heterocycles. The lowest BCUT2D eigenvalue weighted by molar-refractivity contribution is 0.0578. The van der Waals surface area contributed by atoms with Crippen molar-refractivity contribution < 1.29 is 29.1 Å². The maximum atomic E-state index is 12.8. The number of aromatic nitrogens is 2. The number of aromatic carboxylic acids is 1. The molecule has 11 nitrogen and oxygen atoms in total. The van der Waals surface area contributed by atoms with Crippen LogP contribution in [0.25, 0.3) is 0 Å². The van der Waals surface area contributed by atoms with E-state index in [1.54, 1.807) is 18.0 Å². The van der Waals surface area contributed by atoms with Crippen LogP contribution in [0.4, 0.5) is 0 Å². The largest absolute Gasteiger partial charge is 0.502 e. The van der Waals surface area contributed by atoms with Gasteiger partial charge < -0.3 is 24.4 Å². The Kier molecular flexibility index (Phi) is 5.36. The number of hydrogen-bond acceptors (Lipinski definition) is 8. The SMILES string of the molecule is CCOCCN1CN(Cc2cc(C)on2)n2cc(C(=O)O)c(=O)c(O)c2C1=O. The second-order valence-corrected chi connectivity index (χ2v) is 6.22. The van der Waals surface area contributed by atoms with Crippen LogP contribution in [-0.2, 0) is 11.3 Å². The molecule has 2 aromatic heterocycles. The molecular weight excluding hydrogens is 372 g/mol. The average Bonchev–Trinajstić information content (AvgIpc) is 3.05. The summed E-state index contributed by atoms with van der Waals surface area (Å²) < 4.78 is 11.5. The smallest absolute Gasteiger partial charge is 0.341 e. The zero-order valence-corrected chi connectivity index (χ0v) is 15.4. The van der Waals surface area contributed by atoms with Gasteiger partial charge in [0.2, 0.25) is 5.43 Å². The highest BCUT2D eigenvalue weighted by atomic mass is 16.5. The van der Waals surface area contributed by atoms with Crippen molar-refractivity contribution in [2.45, 2.75) is 20.4 Å². The third-order valence-corrected chi connectivity index (χ3v) is 4.25. The predicted octanol–water partition coefficient (Wildman–Crippen LogP) is 0.137. The predicted molar refractivity (Wildman–Crippen MR) is 94.9 cm³/mol. The van der Waals surface area contributed by atoms with Gasteiger partial charge in [0.15, 0.2) is 11.4 Å². The van der Waals surface area contributed by atoms with E-state index in [2.05, 4.69) is 5.16 Å². The zero-order valence-electron chi connectivity index (χ0n) is 15.4. The number of rotatable bonds is 7. The molecular formula is C17H20N4O7. The van der Waals surface area contributed by atoms with E-state index in [-0.39, 0.29) is 32.1 Å². The number of amides is 1. The minimum absolute atomic E-state index is 0.0756. The van der Waals surface area contributed by atoms with Gasteiger partial charge in [0.25, 0.3) is 5.91 Å². The second-order valence-electron chi connectivity index (χ2n) is 6.22. The van der Waals surface area contributed by atoms with E-state index in [0.717, 1.165) is 6.20 Å². The van der Waals surface area contributed by atoms with Crippen molar-refractivity contribution in [3.8, 4) is 5.75 Å². The molecule has 0 aromatic carbocycles. The van der Waals surface area contributed by atoms with Crippen molar-refractivity contribution in [3.05, 3.63) is 45.2 Å². The number of carbonyl (C=O) groups excluding carboxylic acids is 1. The Morgan fingerprint density at radius 1 is 1.39 bits per heavy atom. The van der Waals surface area contributed by atoms with Crippen molar-refractivity contribution in [2.75, 3.05) is 31.4 Å². The summed E-state index contributed by atoms with van der Waals surface area (Å²) in [5, 5.41) is 25.0. The van der Waals surface area contributed by atoms with Gasteiger partial charge in [0.05, 0.1) is 13.2 Å². The van der Waals surface area contributed by atoms with Crippen LogP contribution >= 0.6 is 0 Å². The summed E-state index contributed by atoms with van der Waals surface area (Å²) in [4.78, 5) is 37.8. The van der Waals surface area contributed by atoms with Crippen molar-refractivity contribution in [3.63, 3.8) is 0 Å². The fourth-order valence-corrected chi connectivity index (χ4v) is 2.94. The van der Waals surface area contributed by atoms with Gasteiger partial charge in [-0.05, 0) is 13.8 Å². The average molecular weight is 392 g/mol. The number of nitrogens with zero attached hydrogens (tertiary/aromatic N) is 4. The Bertz CT molecular complexity index is 965. The van der Waals surface area contributed by atoms with Crippen molar-refractivity contribution in [2.24, 2.45) is 0 Å². The standard InChI is InChI=1S/C17H20N4O7/c1-3-27-5-4-19-9-20(7-11-6-10(2)28-18-11)21-8-12(17(25)26)14(22)15(23)13(21)16(19)24/h6,8,23H,3-5,7,9H2,1-2H3,(H,25,26). The number of carbonyl (C=O) groups is 2. The minimum Gasteiger partial charge on any atom is -0.502 e. The molecule has 0 atom stereocenters. The second kappa shape index (κ2) is 7.72. The van der Waals surface area contributed by atoms with Crippen LogP contribution in [0.5, 0.6) is 5.75 Å². The van der Waals surface area contributed by atoms with E-state index in [0.29, 0.717) is 18.1 Å². The third-order valence-electron chi connectivity index (χ3n) is 4.25. The van der Waals surface area contributed by atoms with Gasteiger partial charge in [-0.2, -0.15) is 0 Å². The summed E-state index contributed by atoms with van der Waals surface area (Å²) >= 11 is 0. The van der Waals surface area contributed by atoms with Gasteiger partial charge in [-0.25, -0.2) is 4.79 Å². The van der Waals surface area contributed by atoms with Crippen LogP contribution in [-0.4, -0.2) is 63.2 Å². The van der Waals surface area contributed by atoms with Crippen molar-refractivity contribution in [1.29, 1.82) is 0 Å². The number of fused-ring (bicyclic) bond motifs is 1. The van der Waals surface area contributed by atoms with Crippen LogP contribution in [0.3, 0.4) is 0 Å². The molecule has 1 aliphatic heterocycles. The first-order valence-electron chi connectivity index (χ1n) is 8.59. The maximum absolute atomic E-state index is 12.8. The van der Waals surface area contributed by atoms with Crippen LogP contribution in [0.2, 0.25) is 0 Å². The van der Waals surface area contributed by atoms with Gasteiger partial charge in [-0.15, -0.1) is 0 Å². The zero-order chi connectivity index (χ0) is 20.4. The van der Waals surface area contributed by atoms with Crippen LogP contribution in [0.15, 0.2) is 21.6 Å². The Labute approximate surface area is 159 Å². The molecule has 0 aliphatic carbocycles. The summed E-state index contributed by atoms with van der Waals surface area (Å²) in [6.07, 6.45) is 1.03. The van der Waals surface area contributed by atoms with Gasteiger partial charge in [-0.3, -0.25) is 19.3 Å². The lowest BCUT2D eigenvalue weighted by Crippen LogP contribution is -2.54. The molecule has 0 saturated heterocycles. The molecule has 0 radical (unpaired) electrons. The first-order chi connectivity index (χ1) is 13.3. The van der Waals surface area contributed by atoms with E-state index >= 15 is 0 Å². The summed E-state index contributed by atoms with van der Waals surface area (Å²) in [6.45, 7) is 4.77. The molecule has 11 heteroatoms. The minimum atomic E-state index is -1.50. The van der Waals surface area contributed by atoms with E-state index in [1.165, 1.54) is 9.58 Å². The number of aryl methyl sites for hydroxylation is 1. The van der Waals surface area contributed by atoms with Gasteiger partial charge in [-0.1, -0.05) is 5.16 Å².